The first kappa shape index (κ1) is 17.2. The maximum absolute atomic E-state index is 12.7. The van der Waals surface area contributed by atoms with Gasteiger partial charge >= 0.3 is 0 Å². The highest BCUT2D eigenvalue weighted by atomic mass is 16.5. The van der Waals surface area contributed by atoms with Gasteiger partial charge in [-0.3, -0.25) is 9.48 Å². The van der Waals surface area contributed by atoms with E-state index in [-0.39, 0.29) is 18.1 Å². The van der Waals surface area contributed by atoms with Gasteiger partial charge in [0, 0.05) is 31.2 Å². The van der Waals surface area contributed by atoms with Crippen molar-refractivity contribution in [3.8, 4) is 0 Å². The molecule has 1 aliphatic heterocycles. The third-order valence-corrected chi connectivity index (χ3v) is 4.96. The van der Waals surface area contributed by atoms with E-state index in [4.69, 9.17) is 9.47 Å². The Labute approximate surface area is 153 Å². The third-order valence-electron chi connectivity index (χ3n) is 4.96. The van der Waals surface area contributed by atoms with E-state index in [0.29, 0.717) is 31.2 Å². The fourth-order valence-corrected chi connectivity index (χ4v) is 3.23. The molecule has 1 saturated carbocycles. The molecule has 26 heavy (non-hydrogen) atoms. The molecule has 0 radical (unpaired) electrons. The molecule has 0 spiro atoms. The smallest absolute Gasteiger partial charge is 0.251 e. The number of aromatic nitrogens is 2. The van der Waals surface area contributed by atoms with Crippen LogP contribution in [0.1, 0.15) is 35.2 Å². The van der Waals surface area contributed by atoms with Crippen LogP contribution in [0.25, 0.3) is 0 Å². The highest BCUT2D eigenvalue weighted by Crippen LogP contribution is 2.29. The van der Waals surface area contributed by atoms with E-state index in [1.165, 1.54) is 12.8 Å². The first-order valence-corrected chi connectivity index (χ1v) is 9.34. The summed E-state index contributed by atoms with van der Waals surface area (Å²) in [5.41, 5.74) is 1.72. The maximum atomic E-state index is 12.7. The zero-order chi connectivity index (χ0) is 17.8. The van der Waals surface area contributed by atoms with Crippen molar-refractivity contribution in [3.63, 3.8) is 0 Å². The molecule has 0 bridgehead atoms. The molecule has 1 saturated heterocycles. The van der Waals surface area contributed by atoms with Gasteiger partial charge in [0.25, 0.3) is 5.91 Å². The lowest BCUT2D eigenvalue weighted by Gasteiger charge is -2.32. The maximum Gasteiger partial charge on any atom is 0.251 e. The fraction of sp³-hybridized carbons (Fsp3) is 0.500. The second-order valence-corrected chi connectivity index (χ2v) is 7.16. The molecule has 138 valence electrons. The summed E-state index contributed by atoms with van der Waals surface area (Å²) in [6, 6.07) is 9.60. The van der Waals surface area contributed by atoms with Crippen molar-refractivity contribution in [3.05, 3.63) is 53.9 Å². The number of rotatable bonds is 7. The van der Waals surface area contributed by atoms with Gasteiger partial charge < -0.3 is 14.8 Å². The Bertz CT molecular complexity index is 728. The predicted molar refractivity (Wildman–Crippen MR) is 96.9 cm³/mol. The number of carbonyl (C=O) groups excluding carboxylic acids is 1. The van der Waals surface area contributed by atoms with E-state index in [0.717, 1.165) is 18.6 Å². The summed E-state index contributed by atoms with van der Waals surface area (Å²) in [4.78, 5) is 12.7. The molecule has 2 heterocycles. The molecule has 1 amide bonds. The first-order chi connectivity index (χ1) is 12.8. The quantitative estimate of drug-likeness (QED) is 0.827. The molecule has 2 atom stereocenters. The van der Waals surface area contributed by atoms with Gasteiger partial charge in [-0.15, -0.1) is 0 Å². The number of carbonyl (C=O) groups is 1. The van der Waals surface area contributed by atoms with Crippen molar-refractivity contribution in [2.24, 2.45) is 5.92 Å². The van der Waals surface area contributed by atoms with E-state index in [2.05, 4.69) is 10.4 Å². The minimum absolute atomic E-state index is 0.00442. The van der Waals surface area contributed by atoms with Crippen LogP contribution in [-0.4, -0.2) is 47.7 Å². The van der Waals surface area contributed by atoms with Crippen LogP contribution in [0.4, 0.5) is 0 Å². The average Bonchev–Trinajstić information content (AvgIpc) is 3.36. The number of ether oxygens (including phenoxy) is 2. The van der Waals surface area contributed by atoms with Crippen LogP contribution in [0.5, 0.6) is 0 Å². The van der Waals surface area contributed by atoms with Crippen LogP contribution in [-0.2, 0) is 16.0 Å². The van der Waals surface area contributed by atoms with Crippen LogP contribution in [0.2, 0.25) is 0 Å². The van der Waals surface area contributed by atoms with Gasteiger partial charge in [0.15, 0.2) is 0 Å². The molecule has 1 aliphatic carbocycles. The lowest BCUT2D eigenvalue weighted by atomic mass is 10.0. The lowest BCUT2D eigenvalue weighted by molar-refractivity contribution is -0.0697. The van der Waals surface area contributed by atoms with Crippen LogP contribution in [0.15, 0.2) is 42.7 Å². The highest BCUT2D eigenvalue weighted by molar-refractivity contribution is 5.94. The molecule has 2 aliphatic rings. The molecule has 1 aromatic heterocycles. The van der Waals surface area contributed by atoms with Gasteiger partial charge in [-0.25, -0.2) is 0 Å². The Hall–Kier alpha value is -2.18. The standard InChI is InChI=1S/C20H25N3O3/c24-20(17-4-1-3-16(11-17)12-23-9-2-8-21-23)22-18-7-10-25-14-19(18)26-13-15-5-6-15/h1-4,8-9,11,15,18-19H,5-7,10,12-14H2,(H,22,24)/t18-,19-/m1/s1. The molecular weight excluding hydrogens is 330 g/mol. The summed E-state index contributed by atoms with van der Waals surface area (Å²) in [5, 5.41) is 7.36. The molecule has 2 fully saturated rings. The number of hydrogen-bond donors (Lipinski definition) is 1. The van der Waals surface area contributed by atoms with E-state index in [1.807, 2.05) is 41.2 Å². The topological polar surface area (TPSA) is 65.4 Å². The minimum atomic E-state index is -0.0563. The van der Waals surface area contributed by atoms with Crippen LogP contribution >= 0.6 is 0 Å². The number of nitrogens with zero attached hydrogens (tertiary/aromatic N) is 2. The summed E-state index contributed by atoms with van der Waals surface area (Å²) < 4.78 is 13.4. The SMILES string of the molecule is O=C(N[C@@H]1CCOC[C@H]1OCC1CC1)c1cccc(Cn2cccn2)c1. The van der Waals surface area contributed by atoms with Gasteiger partial charge in [0.1, 0.15) is 6.10 Å². The summed E-state index contributed by atoms with van der Waals surface area (Å²) in [7, 11) is 0. The second-order valence-electron chi connectivity index (χ2n) is 7.16. The second kappa shape index (κ2) is 8.01. The van der Waals surface area contributed by atoms with E-state index >= 15 is 0 Å². The van der Waals surface area contributed by atoms with Crippen LogP contribution in [0, 0.1) is 5.92 Å². The molecule has 6 heteroatoms. The van der Waals surface area contributed by atoms with E-state index < -0.39 is 0 Å². The van der Waals surface area contributed by atoms with Crippen LogP contribution < -0.4 is 5.32 Å². The molecular formula is C20H25N3O3. The van der Waals surface area contributed by atoms with E-state index in [9.17, 15) is 4.79 Å². The largest absolute Gasteiger partial charge is 0.379 e. The molecule has 6 nitrogen and oxygen atoms in total. The number of amides is 1. The fourth-order valence-electron chi connectivity index (χ4n) is 3.23. The van der Waals surface area contributed by atoms with Gasteiger partial charge in [-0.2, -0.15) is 5.10 Å². The van der Waals surface area contributed by atoms with Gasteiger partial charge in [0.05, 0.1) is 19.2 Å². The summed E-state index contributed by atoms with van der Waals surface area (Å²) in [5.74, 6) is 0.645. The first-order valence-electron chi connectivity index (χ1n) is 9.34. The minimum Gasteiger partial charge on any atom is -0.379 e. The monoisotopic (exact) mass is 355 g/mol. The van der Waals surface area contributed by atoms with Crippen molar-refractivity contribution >= 4 is 5.91 Å². The Balaban J connectivity index is 1.38. The van der Waals surface area contributed by atoms with Crippen molar-refractivity contribution in [1.82, 2.24) is 15.1 Å². The number of nitrogens with one attached hydrogen (secondary N) is 1. The zero-order valence-electron chi connectivity index (χ0n) is 14.8. The Kier molecular flexibility index (Phi) is 5.32. The summed E-state index contributed by atoms with van der Waals surface area (Å²) in [6.07, 6.45) is 6.91. The number of benzene rings is 1. The van der Waals surface area contributed by atoms with Gasteiger partial charge in [-0.1, -0.05) is 12.1 Å². The van der Waals surface area contributed by atoms with Crippen molar-refractivity contribution < 1.29 is 14.3 Å². The summed E-state index contributed by atoms with van der Waals surface area (Å²) >= 11 is 0. The molecule has 1 aromatic carbocycles. The van der Waals surface area contributed by atoms with Crippen molar-refractivity contribution in [1.29, 1.82) is 0 Å². The lowest BCUT2D eigenvalue weighted by Crippen LogP contribution is -2.50. The zero-order valence-corrected chi connectivity index (χ0v) is 14.8. The number of hydrogen-bond acceptors (Lipinski definition) is 4. The Morgan fingerprint density at radius 3 is 3.04 bits per heavy atom. The van der Waals surface area contributed by atoms with Crippen molar-refractivity contribution in [2.75, 3.05) is 19.8 Å². The highest BCUT2D eigenvalue weighted by Gasteiger charge is 2.30. The van der Waals surface area contributed by atoms with Crippen LogP contribution in [0.3, 0.4) is 0 Å². The van der Waals surface area contributed by atoms with Gasteiger partial charge in [-0.05, 0) is 48.9 Å². The Morgan fingerprint density at radius 1 is 1.31 bits per heavy atom. The third kappa shape index (κ3) is 4.51. The Morgan fingerprint density at radius 2 is 2.23 bits per heavy atom. The molecule has 1 N–H and O–H groups in total. The normalized spacial score (nSPS) is 22.9. The predicted octanol–water partition coefficient (Wildman–Crippen LogP) is 2.25. The van der Waals surface area contributed by atoms with E-state index in [1.54, 1.807) is 6.20 Å². The van der Waals surface area contributed by atoms with Crippen molar-refractivity contribution in [2.45, 2.75) is 38.0 Å². The summed E-state index contributed by atoms with van der Waals surface area (Å²) in [6.45, 7) is 2.64. The van der Waals surface area contributed by atoms with Gasteiger partial charge in [0.2, 0.25) is 0 Å². The molecule has 4 rings (SSSR count). The average molecular weight is 355 g/mol. The molecule has 0 unspecified atom stereocenters. The molecule has 2 aromatic rings.